The first-order chi connectivity index (χ1) is 8.47. The van der Waals surface area contributed by atoms with Gasteiger partial charge in [0.2, 0.25) is 17.6 Å². The van der Waals surface area contributed by atoms with Crippen molar-refractivity contribution in [3.8, 4) is 0 Å². The van der Waals surface area contributed by atoms with Gasteiger partial charge >= 0.3 is 5.69 Å². The van der Waals surface area contributed by atoms with Gasteiger partial charge < -0.3 is 4.90 Å². The Balaban J connectivity index is 2.41. The zero-order valence-electron chi connectivity index (χ0n) is 8.92. The van der Waals surface area contributed by atoms with Gasteiger partial charge in [-0.2, -0.15) is 0 Å². The van der Waals surface area contributed by atoms with Crippen molar-refractivity contribution in [2.75, 3.05) is 18.0 Å². The second kappa shape index (κ2) is 4.69. The molecular formula is C9H7BrN4O4. The Morgan fingerprint density at radius 1 is 1.39 bits per heavy atom. The van der Waals surface area contributed by atoms with E-state index < -0.39 is 16.7 Å². The molecule has 9 heteroatoms. The summed E-state index contributed by atoms with van der Waals surface area (Å²) < 4.78 is 0.450. The van der Waals surface area contributed by atoms with E-state index in [2.05, 4.69) is 26.2 Å². The van der Waals surface area contributed by atoms with E-state index in [4.69, 9.17) is 0 Å². The maximum absolute atomic E-state index is 11.2. The second-order valence-corrected chi connectivity index (χ2v) is 4.50. The van der Waals surface area contributed by atoms with Gasteiger partial charge in [0.05, 0.1) is 18.0 Å². The molecule has 0 atom stereocenters. The number of halogens is 1. The minimum absolute atomic E-state index is 0.00593. The molecule has 1 aromatic heterocycles. The van der Waals surface area contributed by atoms with Crippen molar-refractivity contribution in [3.63, 3.8) is 0 Å². The Morgan fingerprint density at radius 2 is 2.00 bits per heavy atom. The van der Waals surface area contributed by atoms with E-state index in [1.165, 1.54) is 17.2 Å². The van der Waals surface area contributed by atoms with Gasteiger partial charge in [-0.25, -0.2) is 4.98 Å². The largest absolute Gasteiger partial charge is 0.332 e. The number of pyridine rings is 1. The minimum atomic E-state index is -0.607. The third-order valence-electron chi connectivity index (χ3n) is 2.26. The van der Waals surface area contributed by atoms with E-state index in [1.54, 1.807) is 0 Å². The van der Waals surface area contributed by atoms with E-state index in [0.717, 1.165) is 0 Å². The highest BCUT2D eigenvalue weighted by molar-refractivity contribution is 9.10. The number of piperazine rings is 1. The first-order valence-corrected chi connectivity index (χ1v) is 5.64. The molecule has 94 valence electrons. The molecule has 1 N–H and O–H groups in total. The smallest absolute Gasteiger partial charge is 0.312 e. The lowest BCUT2D eigenvalue weighted by molar-refractivity contribution is -0.384. The molecule has 0 unspecified atom stereocenters. The van der Waals surface area contributed by atoms with Gasteiger partial charge in [-0.1, -0.05) is 0 Å². The molecule has 2 amide bonds. The van der Waals surface area contributed by atoms with Crippen molar-refractivity contribution in [2.45, 2.75) is 0 Å². The predicted molar refractivity (Wildman–Crippen MR) is 64.0 cm³/mol. The maximum Gasteiger partial charge on any atom is 0.312 e. The molecule has 0 aliphatic carbocycles. The van der Waals surface area contributed by atoms with Gasteiger partial charge in [-0.05, 0) is 15.9 Å². The highest BCUT2D eigenvalue weighted by Gasteiger charge is 2.29. The number of imide groups is 1. The number of hydrogen-bond acceptors (Lipinski definition) is 6. The molecular weight excluding hydrogens is 308 g/mol. The Labute approximate surface area is 109 Å². The van der Waals surface area contributed by atoms with E-state index >= 15 is 0 Å². The van der Waals surface area contributed by atoms with Gasteiger partial charge in [-0.15, -0.1) is 0 Å². The van der Waals surface area contributed by atoms with E-state index in [-0.39, 0.29) is 24.6 Å². The number of amides is 2. The van der Waals surface area contributed by atoms with Gasteiger partial charge in [0.15, 0.2) is 0 Å². The lowest BCUT2D eigenvalue weighted by Crippen LogP contribution is -2.51. The van der Waals surface area contributed by atoms with Crippen LogP contribution in [0.2, 0.25) is 0 Å². The third kappa shape index (κ3) is 2.45. The average molecular weight is 315 g/mol. The highest BCUT2D eigenvalue weighted by atomic mass is 79.9. The number of anilines is 1. The molecule has 1 saturated heterocycles. The SMILES string of the molecule is O=C1CN(c2ncc(Br)cc2[N+](=O)[O-])CC(=O)N1. The summed E-state index contributed by atoms with van der Waals surface area (Å²) in [7, 11) is 0. The summed E-state index contributed by atoms with van der Waals surface area (Å²) in [5.41, 5.74) is -0.258. The number of nitrogens with zero attached hydrogens (tertiary/aromatic N) is 3. The Bertz CT molecular complexity index is 531. The number of nitro groups is 1. The van der Waals surface area contributed by atoms with Gasteiger partial charge in [-0.3, -0.25) is 25.0 Å². The van der Waals surface area contributed by atoms with Crippen molar-refractivity contribution >= 4 is 39.2 Å². The fourth-order valence-corrected chi connectivity index (χ4v) is 1.91. The van der Waals surface area contributed by atoms with Crippen LogP contribution in [0.3, 0.4) is 0 Å². The van der Waals surface area contributed by atoms with E-state index in [9.17, 15) is 19.7 Å². The molecule has 1 aliphatic heterocycles. The van der Waals surface area contributed by atoms with Gasteiger partial charge in [0.25, 0.3) is 0 Å². The first-order valence-electron chi connectivity index (χ1n) is 4.85. The number of nitrogens with one attached hydrogen (secondary N) is 1. The zero-order chi connectivity index (χ0) is 13.3. The molecule has 0 spiro atoms. The quantitative estimate of drug-likeness (QED) is 0.475. The first kappa shape index (κ1) is 12.4. The summed E-state index contributed by atoms with van der Waals surface area (Å²) in [6, 6.07) is 1.28. The van der Waals surface area contributed by atoms with Crippen molar-refractivity contribution < 1.29 is 14.5 Å². The molecule has 1 aromatic rings. The summed E-state index contributed by atoms with van der Waals surface area (Å²) in [5.74, 6) is -1.01. The van der Waals surface area contributed by atoms with Gasteiger partial charge in [0.1, 0.15) is 0 Å². The summed E-state index contributed by atoms with van der Waals surface area (Å²) >= 11 is 3.08. The van der Waals surface area contributed by atoms with Crippen LogP contribution in [0.5, 0.6) is 0 Å². The van der Waals surface area contributed by atoms with Crippen LogP contribution in [0.25, 0.3) is 0 Å². The summed E-state index contributed by atoms with van der Waals surface area (Å²) in [6.07, 6.45) is 1.37. The second-order valence-electron chi connectivity index (χ2n) is 3.58. The summed E-state index contributed by atoms with van der Waals surface area (Å²) in [6.45, 7) is -0.275. The molecule has 1 fully saturated rings. The molecule has 8 nitrogen and oxygen atoms in total. The van der Waals surface area contributed by atoms with Crippen molar-refractivity contribution in [3.05, 3.63) is 26.9 Å². The Morgan fingerprint density at radius 3 is 2.56 bits per heavy atom. The summed E-state index contributed by atoms with van der Waals surface area (Å²) in [4.78, 5) is 37.9. The summed E-state index contributed by atoms with van der Waals surface area (Å²) in [5, 5.41) is 13.0. The molecule has 2 heterocycles. The Hall–Kier alpha value is -2.03. The van der Waals surface area contributed by atoms with Crippen LogP contribution in [-0.2, 0) is 9.59 Å². The average Bonchev–Trinajstić information content (AvgIpc) is 2.27. The molecule has 0 bridgehead atoms. The van der Waals surface area contributed by atoms with Crippen molar-refractivity contribution in [1.29, 1.82) is 0 Å². The molecule has 0 saturated carbocycles. The number of rotatable bonds is 2. The highest BCUT2D eigenvalue weighted by Crippen LogP contribution is 2.28. The molecule has 0 aromatic carbocycles. The monoisotopic (exact) mass is 314 g/mol. The Kier molecular flexibility index (Phi) is 3.24. The fraction of sp³-hybridized carbons (Fsp3) is 0.222. The van der Waals surface area contributed by atoms with Crippen LogP contribution >= 0.6 is 15.9 Å². The molecule has 18 heavy (non-hydrogen) atoms. The lowest BCUT2D eigenvalue weighted by Gasteiger charge is -2.25. The normalized spacial score (nSPS) is 15.5. The van der Waals surface area contributed by atoms with Crippen LogP contribution in [0, 0.1) is 10.1 Å². The van der Waals surface area contributed by atoms with Crippen LogP contribution in [0.1, 0.15) is 0 Å². The number of carbonyl (C=O) groups excluding carboxylic acids is 2. The standard InChI is InChI=1S/C9H7BrN4O4/c10-5-1-6(14(17)18)9(11-2-5)13-3-7(15)12-8(16)4-13/h1-2H,3-4H2,(H,12,15,16). The van der Waals surface area contributed by atoms with E-state index in [0.29, 0.717) is 4.47 Å². The van der Waals surface area contributed by atoms with Crippen molar-refractivity contribution in [1.82, 2.24) is 10.3 Å². The van der Waals surface area contributed by atoms with Crippen LogP contribution in [0.15, 0.2) is 16.7 Å². The lowest BCUT2D eigenvalue weighted by atomic mass is 10.3. The third-order valence-corrected chi connectivity index (χ3v) is 2.69. The van der Waals surface area contributed by atoms with Crippen molar-refractivity contribution in [2.24, 2.45) is 0 Å². The maximum atomic E-state index is 11.2. The fourth-order valence-electron chi connectivity index (χ4n) is 1.59. The molecule has 1 aliphatic rings. The van der Waals surface area contributed by atoms with Crippen LogP contribution in [-0.4, -0.2) is 34.8 Å². The minimum Gasteiger partial charge on any atom is -0.332 e. The van der Waals surface area contributed by atoms with E-state index in [1.807, 2.05) is 0 Å². The van der Waals surface area contributed by atoms with Crippen LogP contribution < -0.4 is 10.2 Å². The molecule has 0 radical (unpaired) electrons. The predicted octanol–water partition coefficient (Wildman–Crippen LogP) is 0.215. The zero-order valence-corrected chi connectivity index (χ0v) is 10.5. The number of aromatic nitrogens is 1. The van der Waals surface area contributed by atoms with Gasteiger partial charge in [0, 0.05) is 16.7 Å². The topological polar surface area (TPSA) is 105 Å². The number of carbonyl (C=O) groups is 2. The number of hydrogen-bond donors (Lipinski definition) is 1. The molecule has 2 rings (SSSR count). The van der Waals surface area contributed by atoms with Crippen LogP contribution in [0.4, 0.5) is 11.5 Å².